The summed E-state index contributed by atoms with van der Waals surface area (Å²) in [5.41, 5.74) is 1.60. The summed E-state index contributed by atoms with van der Waals surface area (Å²) < 4.78 is 0. The van der Waals surface area contributed by atoms with Crippen molar-refractivity contribution in [2.24, 2.45) is 5.92 Å². The van der Waals surface area contributed by atoms with Crippen molar-refractivity contribution >= 4 is 11.7 Å². The number of amides is 2. The van der Waals surface area contributed by atoms with Gasteiger partial charge in [-0.1, -0.05) is 0 Å². The Hall–Kier alpha value is -2.09. The zero-order valence-corrected chi connectivity index (χ0v) is 11.3. The van der Waals surface area contributed by atoms with E-state index in [2.05, 4.69) is 16.4 Å². The van der Waals surface area contributed by atoms with E-state index in [1.165, 1.54) is 0 Å². The van der Waals surface area contributed by atoms with Gasteiger partial charge >= 0.3 is 6.03 Å². The molecule has 1 saturated carbocycles. The number of nitrogens with one attached hydrogen (secondary N) is 1. The molecule has 1 aliphatic rings. The Kier molecular flexibility index (Phi) is 4.00. The van der Waals surface area contributed by atoms with Crippen LogP contribution in [0.3, 0.4) is 0 Å². The Bertz CT molecular complexity index is 487. The smallest absolute Gasteiger partial charge is 0.320 e. The minimum atomic E-state index is -0.150. The Morgan fingerprint density at radius 1 is 1.63 bits per heavy atom. The summed E-state index contributed by atoms with van der Waals surface area (Å²) in [5, 5.41) is 11.7. The van der Waals surface area contributed by atoms with E-state index in [0.29, 0.717) is 12.2 Å². The van der Waals surface area contributed by atoms with Crippen molar-refractivity contribution in [3.05, 3.63) is 24.0 Å². The summed E-state index contributed by atoms with van der Waals surface area (Å²) in [6, 6.07) is 6.00. The largest absolute Gasteiger partial charge is 0.322 e. The first-order chi connectivity index (χ1) is 9.10. The van der Waals surface area contributed by atoms with Crippen molar-refractivity contribution in [2.75, 3.05) is 11.9 Å². The van der Waals surface area contributed by atoms with Crippen LogP contribution in [0.25, 0.3) is 0 Å². The highest BCUT2D eigenvalue weighted by atomic mass is 16.2. The minimum Gasteiger partial charge on any atom is -0.320 e. The van der Waals surface area contributed by atoms with E-state index in [0.717, 1.165) is 18.5 Å². The predicted molar refractivity (Wildman–Crippen MR) is 72.5 cm³/mol. The van der Waals surface area contributed by atoms with E-state index in [4.69, 9.17) is 5.26 Å². The van der Waals surface area contributed by atoms with Crippen molar-refractivity contribution in [2.45, 2.75) is 32.7 Å². The number of carbonyl (C=O) groups is 1. The van der Waals surface area contributed by atoms with Crippen LogP contribution < -0.4 is 5.32 Å². The van der Waals surface area contributed by atoms with Crippen LogP contribution in [0.15, 0.2) is 18.3 Å². The van der Waals surface area contributed by atoms with Crippen LogP contribution in [0.2, 0.25) is 0 Å². The van der Waals surface area contributed by atoms with Crippen LogP contribution >= 0.6 is 0 Å². The number of aromatic nitrogens is 1. The lowest BCUT2D eigenvalue weighted by Gasteiger charge is -2.23. The lowest BCUT2D eigenvalue weighted by Crippen LogP contribution is -2.39. The number of carbonyl (C=O) groups excluding carboxylic acids is 1. The third-order valence-corrected chi connectivity index (χ3v) is 3.10. The molecule has 19 heavy (non-hydrogen) atoms. The molecule has 2 amide bonds. The van der Waals surface area contributed by atoms with Gasteiger partial charge in [0, 0.05) is 18.3 Å². The van der Waals surface area contributed by atoms with Crippen LogP contribution in [0, 0.1) is 24.2 Å². The second-order valence-electron chi connectivity index (χ2n) is 5.03. The molecule has 0 bridgehead atoms. The van der Waals surface area contributed by atoms with Gasteiger partial charge in [-0.2, -0.15) is 5.26 Å². The van der Waals surface area contributed by atoms with Crippen LogP contribution in [-0.4, -0.2) is 28.5 Å². The molecule has 0 aliphatic heterocycles. The summed E-state index contributed by atoms with van der Waals surface area (Å²) in [4.78, 5) is 18.1. The van der Waals surface area contributed by atoms with E-state index in [1.54, 1.807) is 11.1 Å². The fraction of sp³-hybridized carbons (Fsp3) is 0.500. The van der Waals surface area contributed by atoms with Gasteiger partial charge in [-0.15, -0.1) is 0 Å². The lowest BCUT2D eigenvalue weighted by molar-refractivity contribution is 0.204. The molecule has 100 valence electrons. The number of anilines is 1. The SMILES string of the molecule is Cc1ccc(NC(=O)N(CC(C)C#N)C2CC2)cn1. The second-order valence-corrected chi connectivity index (χ2v) is 5.03. The number of hydrogen-bond acceptors (Lipinski definition) is 3. The van der Waals surface area contributed by atoms with Crippen molar-refractivity contribution in [1.29, 1.82) is 5.26 Å². The molecule has 1 heterocycles. The number of pyridine rings is 1. The normalized spacial score (nSPS) is 15.4. The number of aryl methyl sites for hydroxylation is 1. The van der Waals surface area contributed by atoms with Crippen molar-refractivity contribution < 1.29 is 4.79 Å². The van der Waals surface area contributed by atoms with Crippen LogP contribution in [0.4, 0.5) is 10.5 Å². The molecule has 5 nitrogen and oxygen atoms in total. The van der Waals surface area contributed by atoms with Crippen LogP contribution in [0.5, 0.6) is 0 Å². The van der Waals surface area contributed by atoms with Crippen molar-refractivity contribution in [3.63, 3.8) is 0 Å². The number of urea groups is 1. The highest BCUT2D eigenvalue weighted by Gasteiger charge is 2.33. The molecule has 2 rings (SSSR count). The average Bonchev–Trinajstić information content (AvgIpc) is 3.22. The number of nitriles is 1. The van der Waals surface area contributed by atoms with Gasteiger partial charge < -0.3 is 10.2 Å². The molecule has 1 aromatic heterocycles. The monoisotopic (exact) mass is 258 g/mol. The van der Waals surface area contributed by atoms with Crippen LogP contribution in [0.1, 0.15) is 25.5 Å². The maximum absolute atomic E-state index is 12.2. The Morgan fingerprint density at radius 3 is 2.89 bits per heavy atom. The van der Waals surface area contributed by atoms with E-state index in [9.17, 15) is 4.79 Å². The predicted octanol–water partition coefficient (Wildman–Crippen LogP) is 2.55. The van der Waals surface area contributed by atoms with Crippen LogP contribution in [-0.2, 0) is 0 Å². The Labute approximate surface area is 113 Å². The maximum atomic E-state index is 12.2. The Morgan fingerprint density at radius 2 is 2.37 bits per heavy atom. The molecule has 5 heteroatoms. The van der Waals surface area contributed by atoms with Gasteiger partial charge in [0.15, 0.2) is 0 Å². The maximum Gasteiger partial charge on any atom is 0.322 e. The zero-order chi connectivity index (χ0) is 13.8. The fourth-order valence-corrected chi connectivity index (χ4v) is 1.86. The van der Waals surface area contributed by atoms with Crippen molar-refractivity contribution in [3.8, 4) is 6.07 Å². The average molecular weight is 258 g/mol. The molecule has 1 aliphatic carbocycles. The highest BCUT2D eigenvalue weighted by Crippen LogP contribution is 2.28. The molecule has 0 spiro atoms. The summed E-state index contributed by atoms with van der Waals surface area (Å²) >= 11 is 0. The van der Waals surface area contributed by atoms with Crippen molar-refractivity contribution in [1.82, 2.24) is 9.88 Å². The number of rotatable bonds is 4. The van der Waals surface area contributed by atoms with E-state index < -0.39 is 0 Å². The molecular weight excluding hydrogens is 240 g/mol. The summed E-state index contributed by atoms with van der Waals surface area (Å²) in [6.45, 7) is 4.21. The third-order valence-electron chi connectivity index (χ3n) is 3.10. The van der Waals surface area contributed by atoms with Gasteiger partial charge in [0.05, 0.1) is 23.9 Å². The molecule has 1 atom stereocenters. The third kappa shape index (κ3) is 3.68. The number of nitrogens with zero attached hydrogens (tertiary/aromatic N) is 3. The summed E-state index contributed by atoms with van der Waals surface area (Å²) in [6.07, 6.45) is 3.70. The van der Waals surface area contributed by atoms with Gasteiger partial charge in [0.2, 0.25) is 0 Å². The molecule has 1 unspecified atom stereocenters. The van der Waals surface area contributed by atoms with Gasteiger partial charge in [-0.25, -0.2) is 4.79 Å². The first-order valence-corrected chi connectivity index (χ1v) is 6.50. The topological polar surface area (TPSA) is 69.0 Å². The molecular formula is C14H18N4O. The molecule has 0 radical (unpaired) electrons. The first-order valence-electron chi connectivity index (χ1n) is 6.50. The number of hydrogen-bond donors (Lipinski definition) is 1. The standard InChI is InChI=1S/C14H18N4O/c1-10(7-15)9-18(13-5-6-13)14(19)17-12-4-3-11(2)16-8-12/h3-4,8,10,13H,5-6,9H2,1-2H3,(H,17,19). The zero-order valence-electron chi connectivity index (χ0n) is 11.3. The summed E-state index contributed by atoms with van der Waals surface area (Å²) in [5.74, 6) is -0.150. The first kappa shape index (κ1) is 13.3. The minimum absolute atomic E-state index is 0.143. The fourth-order valence-electron chi connectivity index (χ4n) is 1.86. The molecule has 0 aromatic carbocycles. The van der Waals surface area contributed by atoms with E-state index in [1.807, 2.05) is 26.0 Å². The second kappa shape index (κ2) is 5.70. The molecule has 1 fully saturated rings. The molecule has 1 N–H and O–H groups in total. The quantitative estimate of drug-likeness (QED) is 0.902. The van der Waals surface area contributed by atoms with Gasteiger partial charge in [-0.3, -0.25) is 4.98 Å². The van der Waals surface area contributed by atoms with Gasteiger partial charge in [-0.05, 0) is 38.8 Å². The Balaban J connectivity index is 1.99. The molecule has 1 aromatic rings. The highest BCUT2D eigenvalue weighted by molar-refractivity contribution is 5.89. The summed E-state index contributed by atoms with van der Waals surface area (Å²) in [7, 11) is 0. The lowest BCUT2D eigenvalue weighted by atomic mass is 10.2. The van der Waals surface area contributed by atoms with E-state index >= 15 is 0 Å². The molecule has 0 saturated heterocycles. The van der Waals surface area contributed by atoms with Gasteiger partial charge in [0.25, 0.3) is 0 Å². The van der Waals surface area contributed by atoms with Gasteiger partial charge in [0.1, 0.15) is 0 Å². The van der Waals surface area contributed by atoms with E-state index in [-0.39, 0.29) is 18.0 Å².